The lowest BCUT2D eigenvalue weighted by Gasteiger charge is -2.11. The number of aryl methyl sites for hydroxylation is 1. The molecule has 1 heterocycles. The molecule has 10 heteroatoms. The van der Waals surface area contributed by atoms with Crippen LogP contribution in [0.3, 0.4) is 0 Å². The number of anilines is 1. The maximum Gasteiger partial charge on any atom is 0.387 e. The Labute approximate surface area is 147 Å². The summed E-state index contributed by atoms with van der Waals surface area (Å²) in [6.45, 7) is -1.81. The molecule has 0 radical (unpaired) electrons. The van der Waals surface area contributed by atoms with Gasteiger partial charge >= 0.3 is 12.6 Å². The average Bonchev–Trinajstić information content (AvgIpc) is 2.92. The van der Waals surface area contributed by atoms with Gasteiger partial charge in [-0.05, 0) is 25.0 Å². The van der Waals surface area contributed by atoms with Gasteiger partial charge in [0.15, 0.2) is 6.61 Å². The van der Waals surface area contributed by atoms with E-state index in [4.69, 9.17) is 10.5 Å². The van der Waals surface area contributed by atoms with Crippen molar-refractivity contribution in [2.45, 2.75) is 20.0 Å². The third-order valence-electron chi connectivity index (χ3n) is 3.33. The van der Waals surface area contributed by atoms with E-state index in [1.807, 2.05) is 0 Å². The lowest BCUT2D eigenvalue weighted by molar-refractivity contribution is -0.124. The summed E-state index contributed by atoms with van der Waals surface area (Å²) >= 11 is 0. The van der Waals surface area contributed by atoms with Crippen molar-refractivity contribution in [3.63, 3.8) is 0 Å². The summed E-state index contributed by atoms with van der Waals surface area (Å²) in [4.78, 5) is 23.6. The van der Waals surface area contributed by atoms with Gasteiger partial charge in [-0.25, -0.2) is 4.79 Å². The van der Waals surface area contributed by atoms with Crippen LogP contribution in [0.4, 0.5) is 14.7 Å². The first-order chi connectivity index (χ1) is 12.4. The van der Waals surface area contributed by atoms with Crippen molar-refractivity contribution in [1.29, 1.82) is 0 Å². The standard InChI is InChI=1S/C16H17F2N3O5/c1-9-13(14(19)26-21-9)15(23)24-8-12(22)20-7-6-10-4-2-3-5-11(10)25-16(17)18/h2-5,16H,6-8,19H2,1H3,(H,20,22). The molecule has 0 unspecified atom stereocenters. The Morgan fingerprint density at radius 2 is 2.08 bits per heavy atom. The number of hydrogen-bond donors (Lipinski definition) is 2. The van der Waals surface area contributed by atoms with E-state index in [1.54, 1.807) is 18.2 Å². The molecule has 0 saturated carbocycles. The molecule has 0 saturated heterocycles. The minimum Gasteiger partial charge on any atom is -0.452 e. The fraction of sp³-hybridized carbons (Fsp3) is 0.312. The summed E-state index contributed by atoms with van der Waals surface area (Å²) in [5.74, 6) is -1.53. The maximum atomic E-state index is 12.3. The summed E-state index contributed by atoms with van der Waals surface area (Å²) in [6, 6.07) is 6.26. The van der Waals surface area contributed by atoms with Crippen molar-refractivity contribution < 1.29 is 32.4 Å². The zero-order valence-electron chi connectivity index (χ0n) is 13.8. The molecule has 2 aromatic rings. The first-order valence-corrected chi connectivity index (χ1v) is 7.56. The van der Waals surface area contributed by atoms with Gasteiger partial charge in [0.1, 0.15) is 11.3 Å². The topological polar surface area (TPSA) is 117 Å². The second-order valence-electron chi connectivity index (χ2n) is 5.17. The van der Waals surface area contributed by atoms with Gasteiger partial charge in [-0.2, -0.15) is 8.78 Å². The number of esters is 1. The predicted octanol–water partition coefficient (Wildman–Crippen LogP) is 1.68. The Morgan fingerprint density at radius 1 is 1.35 bits per heavy atom. The van der Waals surface area contributed by atoms with E-state index in [0.717, 1.165) is 0 Å². The molecule has 0 aliphatic rings. The van der Waals surface area contributed by atoms with Crippen LogP contribution in [0.15, 0.2) is 28.8 Å². The summed E-state index contributed by atoms with van der Waals surface area (Å²) in [6.07, 6.45) is 0.264. The molecule has 0 fully saturated rings. The number of aromatic nitrogens is 1. The van der Waals surface area contributed by atoms with E-state index in [2.05, 4.69) is 19.7 Å². The van der Waals surface area contributed by atoms with Gasteiger partial charge in [-0.1, -0.05) is 23.4 Å². The van der Waals surface area contributed by atoms with E-state index in [0.29, 0.717) is 5.56 Å². The number of para-hydroxylation sites is 1. The Kier molecular flexibility index (Phi) is 6.48. The molecule has 0 bridgehead atoms. The van der Waals surface area contributed by atoms with Gasteiger partial charge in [-0.15, -0.1) is 0 Å². The van der Waals surface area contributed by atoms with Crippen LogP contribution in [-0.2, 0) is 16.0 Å². The van der Waals surface area contributed by atoms with E-state index in [-0.39, 0.29) is 35.9 Å². The minimum atomic E-state index is -2.93. The molecule has 1 aromatic heterocycles. The van der Waals surface area contributed by atoms with Crippen LogP contribution in [-0.4, -0.2) is 36.8 Å². The molecule has 0 aliphatic heterocycles. The molecule has 8 nitrogen and oxygen atoms in total. The number of ether oxygens (including phenoxy) is 2. The lowest BCUT2D eigenvalue weighted by Crippen LogP contribution is -2.30. The Morgan fingerprint density at radius 3 is 2.73 bits per heavy atom. The van der Waals surface area contributed by atoms with Crippen molar-refractivity contribution in [2.75, 3.05) is 18.9 Å². The molecule has 0 spiro atoms. The first kappa shape index (κ1) is 19.2. The summed E-state index contributed by atoms with van der Waals surface area (Å²) in [7, 11) is 0. The largest absolute Gasteiger partial charge is 0.452 e. The number of nitrogens with two attached hydrogens (primary N) is 1. The lowest BCUT2D eigenvalue weighted by atomic mass is 10.1. The van der Waals surface area contributed by atoms with Crippen LogP contribution in [0.25, 0.3) is 0 Å². The first-order valence-electron chi connectivity index (χ1n) is 7.56. The van der Waals surface area contributed by atoms with Crippen LogP contribution < -0.4 is 15.8 Å². The summed E-state index contributed by atoms with van der Waals surface area (Å²) < 4.78 is 38.6. The number of carbonyl (C=O) groups is 2. The molecule has 0 atom stereocenters. The highest BCUT2D eigenvalue weighted by Gasteiger charge is 2.20. The molecule has 1 amide bonds. The number of nitrogens with zero attached hydrogens (tertiary/aromatic N) is 1. The molecular weight excluding hydrogens is 352 g/mol. The van der Waals surface area contributed by atoms with Crippen LogP contribution >= 0.6 is 0 Å². The van der Waals surface area contributed by atoms with Crippen LogP contribution in [0, 0.1) is 6.92 Å². The molecular formula is C16H17F2N3O5. The van der Waals surface area contributed by atoms with Crippen LogP contribution in [0.1, 0.15) is 21.6 Å². The molecule has 3 N–H and O–H groups in total. The van der Waals surface area contributed by atoms with E-state index < -0.39 is 25.1 Å². The number of alkyl halides is 2. The summed E-state index contributed by atoms with van der Waals surface area (Å²) in [5, 5.41) is 6.02. The number of amides is 1. The number of nitrogens with one attached hydrogen (secondary N) is 1. The SMILES string of the molecule is Cc1noc(N)c1C(=O)OCC(=O)NCCc1ccccc1OC(F)F. The normalized spacial score (nSPS) is 10.6. The van der Waals surface area contributed by atoms with Gasteiger partial charge in [0.05, 0.1) is 5.69 Å². The Hall–Kier alpha value is -3.17. The highest BCUT2D eigenvalue weighted by Crippen LogP contribution is 2.20. The summed E-state index contributed by atoms with van der Waals surface area (Å²) in [5.41, 5.74) is 6.18. The Balaban J connectivity index is 1.79. The molecule has 140 valence electrons. The van der Waals surface area contributed by atoms with Gasteiger partial charge in [0.25, 0.3) is 5.91 Å². The van der Waals surface area contributed by atoms with Crippen molar-refractivity contribution in [3.05, 3.63) is 41.1 Å². The second-order valence-corrected chi connectivity index (χ2v) is 5.17. The third-order valence-corrected chi connectivity index (χ3v) is 3.33. The number of rotatable bonds is 8. The number of carbonyl (C=O) groups excluding carboxylic acids is 2. The average molecular weight is 369 g/mol. The Bertz CT molecular complexity index is 759. The highest BCUT2D eigenvalue weighted by molar-refractivity contribution is 5.96. The van der Waals surface area contributed by atoms with Crippen molar-refractivity contribution in [2.24, 2.45) is 0 Å². The van der Waals surface area contributed by atoms with Gasteiger partial charge in [-0.3, -0.25) is 4.79 Å². The second kappa shape index (κ2) is 8.79. The molecule has 1 aromatic carbocycles. The zero-order chi connectivity index (χ0) is 19.1. The van der Waals surface area contributed by atoms with Crippen LogP contribution in [0.2, 0.25) is 0 Å². The van der Waals surface area contributed by atoms with Crippen molar-refractivity contribution >= 4 is 17.8 Å². The number of hydrogen-bond acceptors (Lipinski definition) is 7. The van der Waals surface area contributed by atoms with Crippen LogP contribution in [0.5, 0.6) is 5.75 Å². The van der Waals surface area contributed by atoms with Gasteiger partial charge in [0.2, 0.25) is 5.88 Å². The maximum absolute atomic E-state index is 12.3. The fourth-order valence-electron chi connectivity index (χ4n) is 2.15. The molecule has 26 heavy (non-hydrogen) atoms. The number of halogens is 2. The van der Waals surface area contributed by atoms with Gasteiger partial charge in [0, 0.05) is 6.54 Å². The monoisotopic (exact) mass is 369 g/mol. The highest BCUT2D eigenvalue weighted by atomic mass is 19.3. The van der Waals surface area contributed by atoms with E-state index in [1.165, 1.54) is 13.0 Å². The fourth-order valence-corrected chi connectivity index (χ4v) is 2.15. The molecule has 0 aliphatic carbocycles. The minimum absolute atomic E-state index is 0.0316. The number of nitrogen functional groups attached to an aromatic ring is 1. The molecule has 2 rings (SSSR count). The van der Waals surface area contributed by atoms with E-state index in [9.17, 15) is 18.4 Å². The number of benzene rings is 1. The van der Waals surface area contributed by atoms with E-state index >= 15 is 0 Å². The third kappa shape index (κ3) is 5.16. The van der Waals surface area contributed by atoms with Crippen molar-refractivity contribution in [1.82, 2.24) is 10.5 Å². The quantitative estimate of drug-likeness (QED) is 0.680. The smallest absolute Gasteiger partial charge is 0.387 e. The van der Waals surface area contributed by atoms with Gasteiger partial charge < -0.3 is 25.0 Å². The van der Waals surface area contributed by atoms with Crippen molar-refractivity contribution in [3.8, 4) is 5.75 Å². The zero-order valence-corrected chi connectivity index (χ0v) is 13.8. The predicted molar refractivity (Wildman–Crippen MR) is 85.7 cm³/mol.